The van der Waals surface area contributed by atoms with Crippen molar-refractivity contribution in [3.8, 4) is 5.75 Å². The summed E-state index contributed by atoms with van der Waals surface area (Å²) >= 11 is 0. The summed E-state index contributed by atoms with van der Waals surface area (Å²) in [5.74, 6) is 1.49. The average molecular weight is 438 g/mol. The van der Waals surface area contributed by atoms with Crippen molar-refractivity contribution in [2.45, 2.75) is 46.1 Å². The molecule has 6 nitrogen and oxygen atoms in total. The molecule has 172 valence electrons. The van der Waals surface area contributed by atoms with E-state index in [2.05, 4.69) is 36.9 Å². The number of benzene rings is 1. The zero-order chi connectivity index (χ0) is 22.6. The van der Waals surface area contributed by atoms with Crippen LogP contribution in [0.3, 0.4) is 0 Å². The molecule has 1 aromatic heterocycles. The molecule has 2 aliphatic heterocycles. The van der Waals surface area contributed by atoms with Crippen molar-refractivity contribution in [3.63, 3.8) is 0 Å². The van der Waals surface area contributed by atoms with E-state index in [1.807, 2.05) is 11.0 Å². The van der Waals surface area contributed by atoms with Crippen LogP contribution in [0, 0.1) is 16.5 Å². The van der Waals surface area contributed by atoms with Crippen LogP contribution in [0.5, 0.6) is 5.75 Å². The molecule has 0 N–H and O–H groups in total. The van der Waals surface area contributed by atoms with Gasteiger partial charge >= 0.3 is 0 Å². The van der Waals surface area contributed by atoms with Crippen molar-refractivity contribution < 1.29 is 14.3 Å². The summed E-state index contributed by atoms with van der Waals surface area (Å²) < 4.78 is 6.74. The van der Waals surface area contributed by atoms with E-state index in [0.29, 0.717) is 21.6 Å². The van der Waals surface area contributed by atoms with Crippen LogP contribution in [0.2, 0.25) is 0 Å². The Labute approximate surface area is 191 Å². The van der Waals surface area contributed by atoms with E-state index in [0.717, 1.165) is 57.9 Å². The van der Waals surface area contributed by atoms with Crippen molar-refractivity contribution in [2.75, 3.05) is 32.8 Å². The van der Waals surface area contributed by atoms with Gasteiger partial charge in [-0.3, -0.25) is 9.69 Å². The van der Waals surface area contributed by atoms with Crippen LogP contribution < -0.4 is 9.47 Å². The third kappa shape index (κ3) is 5.41. The number of para-hydroxylation sites is 1. The van der Waals surface area contributed by atoms with Gasteiger partial charge in [-0.05, 0) is 62.2 Å². The van der Waals surface area contributed by atoms with Crippen molar-refractivity contribution in [1.82, 2.24) is 9.80 Å². The lowest BCUT2D eigenvalue weighted by molar-refractivity contribution is -0.605. The lowest BCUT2D eigenvalue weighted by Gasteiger charge is -2.47. The van der Waals surface area contributed by atoms with Gasteiger partial charge in [0.1, 0.15) is 11.3 Å². The smallest absolute Gasteiger partial charge is 0.259 e. The molecule has 2 aliphatic rings. The van der Waals surface area contributed by atoms with Crippen molar-refractivity contribution in [1.29, 1.82) is 0 Å². The van der Waals surface area contributed by atoms with Gasteiger partial charge in [-0.15, -0.1) is 0 Å². The van der Waals surface area contributed by atoms with Gasteiger partial charge < -0.3 is 14.8 Å². The Morgan fingerprint density at radius 3 is 2.44 bits per heavy atom. The zero-order valence-corrected chi connectivity index (χ0v) is 19.3. The first kappa shape index (κ1) is 22.6. The number of aromatic nitrogens is 1. The second-order valence-electron chi connectivity index (χ2n) is 9.83. The lowest BCUT2D eigenvalue weighted by Crippen LogP contribution is -2.48. The van der Waals surface area contributed by atoms with Crippen LogP contribution in [0.15, 0.2) is 48.8 Å². The normalized spacial score (nSPS) is 18.8. The number of hydrogen-bond acceptors (Lipinski definition) is 4. The van der Waals surface area contributed by atoms with Gasteiger partial charge in [0, 0.05) is 31.3 Å². The Hall–Kier alpha value is -2.60. The predicted molar refractivity (Wildman–Crippen MR) is 124 cm³/mol. The van der Waals surface area contributed by atoms with E-state index in [1.165, 1.54) is 30.8 Å². The standard InChI is InChI=1S/C26H35N3O3/c1-21(2)20-32-24-8-4-3-6-22(24)18-27-14-9-26(10-15-27)11-16-28(17-12-26)25(30)23-7-5-13-29(31)19-23/h3-8,13,19,21H,9-12,14-18,20H2,1-2H3. The molecule has 2 saturated heterocycles. The number of likely N-dealkylation sites (tertiary alicyclic amines) is 2. The minimum Gasteiger partial charge on any atom is -0.619 e. The number of carbonyl (C=O) groups is 1. The van der Waals surface area contributed by atoms with E-state index in [4.69, 9.17) is 4.74 Å². The molecule has 1 aromatic carbocycles. The highest BCUT2D eigenvalue weighted by Gasteiger charge is 2.38. The quantitative estimate of drug-likeness (QED) is 0.508. The monoisotopic (exact) mass is 437 g/mol. The van der Waals surface area contributed by atoms with Crippen molar-refractivity contribution in [3.05, 3.63) is 65.1 Å². The zero-order valence-electron chi connectivity index (χ0n) is 19.3. The topological polar surface area (TPSA) is 59.7 Å². The Bertz CT molecular complexity index is 912. The molecule has 4 rings (SSSR count). The molecule has 2 aromatic rings. The molecule has 0 bridgehead atoms. The number of pyridine rings is 1. The Kier molecular flexibility index (Phi) is 6.99. The van der Waals surface area contributed by atoms with Gasteiger partial charge in [0.2, 0.25) is 0 Å². The number of piperidine rings is 2. The van der Waals surface area contributed by atoms with E-state index in [9.17, 15) is 10.0 Å². The molecule has 6 heteroatoms. The Balaban J connectivity index is 1.29. The summed E-state index contributed by atoms with van der Waals surface area (Å²) in [5, 5.41) is 11.5. The number of rotatable bonds is 6. The minimum atomic E-state index is -0.0273. The maximum Gasteiger partial charge on any atom is 0.259 e. The molecule has 3 heterocycles. The van der Waals surface area contributed by atoms with Gasteiger partial charge in [-0.2, -0.15) is 4.73 Å². The van der Waals surface area contributed by atoms with Crippen LogP contribution in [0.4, 0.5) is 0 Å². The third-order valence-electron chi connectivity index (χ3n) is 6.99. The maximum atomic E-state index is 12.8. The molecule has 32 heavy (non-hydrogen) atoms. The molecule has 0 radical (unpaired) electrons. The Morgan fingerprint density at radius 1 is 1.06 bits per heavy atom. The minimum absolute atomic E-state index is 0.0273. The summed E-state index contributed by atoms with van der Waals surface area (Å²) in [4.78, 5) is 17.2. The largest absolute Gasteiger partial charge is 0.619 e. The molecule has 1 spiro atoms. The van der Waals surface area contributed by atoms with Crippen molar-refractivity contribution in [2.24, 2.45) is 11.3 Å². The van der Waals surface area contributed by atoms with E-state index in [-0.39, 0.29) is 5.91 Å². The van der Waals surface area contributed by atoms with Crippen LogP contribution in [-0.2, 0) is 6.54 Å². The molecular formula is C26H35N3O3. The summed E-state index contributed by atoms with van der Waals surface area (Å²) in [7, 11) is 0. The molecule has 0 unspecified atom stereocenters. The first-order chi connectivity index (χ1) is 15.4. The van der Waals surface area contributed by atoms with E-state index in [1.54, 1.807) is 12.1 Å². The van der Waals surface area contributed by atoms with Crippen LogP contribution in [0.25, 0.3) is 0 Å². The average Bonchev–Trinajstić information content (AvgIpc) is 2.80. The van der Waals surface area contributed by atoms with Gasteiger partial charge in [0.25, 0.3) is 5.91 Å². The number of nitrogens with zero attached hydrogens (tertiary/aromatic N) is 3. The molecular weight excluding hydrogens is 402 g/mol. The maximum absolute atomic E-state index is 12.8. The summed E-state index contributed by atoms with van der Waals surface area (Å²) in [5.41, 5.74) is 2.09. The second-order valence-corrected chi connectivity index (χ2v) is 9.83. The van der Waals surface area contributed by atoms with Gasteiger partial charge in [-0.1, -0.05) is 32.0 Å². The van der Waals surface area contributed by atoms with E-state index < -0.39 is 0 Å². The Morgan fingerprint density at radius 2 is 1.75 bits per heavy atom. The van der Waals surface area contributed by atoms with Crippen LogP contribution in [0.1, 0.15) is 55.5 Å². The van der Waals surface area contributed by atoms with Crippen molar-refractivity contribution >= 4 is 5.91 Å². The summed E-state index contributed by atoms with van der Waals surface area (Å²) in [6.07, 6.45) is 7.22. The number of ether oxygens (including phenoxy) is 1. The lowest BCUT2D eigenvalue weighted by atomic mass is 9.71. The fourth-order valence-electron chi connectivity index (χ4n) is 4.91. The van der Waals surface area contributed by atoms with Gasteiger partial charge in [0.15, 0.2) is 12.4 Å². The van der Waals surface area contributed by atoms with Gasteiger partial charge in [0.05, 0.1) is 6.61 Å². The second kappa shape index (κ2) is 9.90. The predicted octanol–water partition coefficient (Wildman–Crippen LogP) is 3.87. The highest BCUT2D eigenvalue weighted by atomic mass is 16.5. The fraction of sp³-hybridized carbons (Fsp3) is 0.538. The highest BCUT2D eigenvalue weighted by molar-refractivity contribution is 5.93. The summed E-state index contributed by atoms with van der Waals surface area (Å²) in [6.45, 7) is 9.74. The molecule has 0 atom stereocenters. The first-order valence-electron chi connectivity index (χ1n) is 11.9. The third-order valence-corrected chi connectivity index (χ3v) is 6.99. The van der Waals surface area contributed by atoms with Crippen LogP contribution in [-0.4, -0.2) is 48.5 Å². The van der Waals surface area contributed by atoms with Gasteiger partial charge in [-0.25, -0.2) is 0 Å². The number of hydrogen-bond donors (Lipinski definition) is 0. The molecule has 0 saturated carbocycles. The molecule has 1 amide bonds. The molecule has 2 fully saturated rings. The SMILES string of the molecule is CC(C)COc1ccccc1CN1CCC2(CC1)CCN(C(=O)c1ccc[n+]([O-])c1)CC2. The summed E-state index contributed by atoms with van der Waals surface area (Å²) in [6, 6.07) is 11.8. The van der Waals surface area contributed by atoms with Crippen LogP contribution >= 0.6 is 0 Å². The van der Waals surface area contributed by atoms with E-state index >= 15 is 0 Å². The highest BCUT2D eigenvalue weighted by Crippen LogP contribution is 2.42. The first-order valence-corrected chi connectivity index (χ1v) is 11.9. The number of carbonyl (C=O) groups excluding carboxylic acids is 1. The molecule has 0 aliphatic carbocycles. The number of amides is 1. The fourth-order valence-corrected chi connectivity index (χ4v) is 4.91.